The van der Waals surface area contributed by atoms with E-state index in [0.29, 0.717) is 24.2 Å². The fourth-order valence-corrected chi connectivity index (χ4v) is 1.84. The molecule has 0 saturated carbocycles. The van der Waals surface area contributed by atoms with Gasteiger partial charge in [-0.05, 0) is 19.1 Å². The Morgan fingerprint density at radius 3 is 3.16 bits per heavy atom. The first kappa shape index (κ1) is 13.3. The Balaban J connectivity index is 2.09. The zero-order valence-corrected chi connectivity index (χ0v) is 10.6. The summed E-state index contributed by atoms with van der Waals surface area (Å²) in [6.07, 6.45) is 1.89. The van der Waals surface area contributed by atoms with Crippen LogP contribution in [0.1, 0.15) is 18.9 Å². The summed E-state index contributed by atoms with van der Waals surface area (Å²) in [5.41, 5.74) is 0.140. The second-order valence-electron chi connectivity index (χ2n) is 4.55. The minimum Gasteiger partial charge on any atom is -0.379 e. The zero-order valence-electron chi connectivity index (χ0n) is 10.6. The average molecular weight is 262 g/mol. The highest BCUT2D eigenvalue weighted by atomic mass is 19.1. The summed E-state index contributed by atoms with van der Waals surface area (Å²) in [5.74, 6) is -0.604. The Hall–Kier alpha value is -2.17. The lowest BCUT2D eigenvalue weighted by atomic mass is 9.95. The average Bonchev–Trinajstić information content (AvgIpc) is 2.80. The molecule has 1 aromatic carbocycles. The fraction of sp³-hybridized carbons (Fsp3) is 0.286. The van der Waals surface area contributed by atoms with E-state index in [9.17, 15) is 9.18 Å². The van der Waals surface area contributed by atoms with Crippen LogP contribution in [0.5, 0.6) is 0 Å². The van der Waals surface area contributed by atoms with Gasteiger partial charge < -0.3 is 10.2 Å². The number of oxime groups is 1. The summed E-state index contributed by atoms with van der Waals surface area (Å²) in [7, 11) is 0. The first-order valence-electron chi connectivity index (χ1n) is 5.95. The number of nitrogens with zero attached hydrogens (tertiary/aromatic N) is 1. The summed E-state index contributed by atoms with van der Waals surface area (Å²) in [5, 5.41) is 6.56. The highest BCUT2D eigenvalue weighted by Crippen LogP contribution is 2.26. The molecule has 1 atom stereocenters. The van der Waals surface area contributed by atoms with Gasteiger partial charge in [-0.1, -0.05) is 23.4 Å². The third kappa shape index (κ3) is 2.81. The number of carbonyl (C=O) groups is 1. The standard InChI is InChI=1S/C14H15FN2O2/c1-3-7-16-13(18)14(2)9-12(17-19-14)10-5-4-6-11(15)8-10/h3-6,8H,1,7,9H2,2H3,(H,16,18)/t14-/m0/s1. The third-order valence-electron chi connectivity index (χ3n) is 2.91. The van der Waals surface area contributed by atoms with Crippen LogP contribution in [-0.4, -0.2) is 23.8 Å². The first-order valence-corrected chi connectivity index (χ1v) is 5.95. The molecule has 4 nitrogen and oxygen atoms in total. The van der Waals surface area contributed by atoms with Crippen molar-refractivity contribution in [3.05, 3.63) is 48.3 Å². The summed E-state index contributed by atoms with van der Waals surface area (Å²) >= 11 is 0. The van der Waals surface area contributed by atoms with E-state index in [0.717, 1.165) is 0 Å². The summed E-state index contributed by atoms with van der Waals surface area (Å²) in [6, 6.07) is 6.06. The molecule has 0 bridgehead atoms. The van der Waals surface area contributed by atoms with E-state index in [4.69, 9.17) is 4.84 Å². The molecule has 5 heteroatoms. The fourth-order valence-electron chi connectivity index (χ4n) is 1.84. The number of hydrogen-bond acceptors (Lipinski definition) is 3. The monoisotopic (exact) mass is 262 g/mol. The van der Waals surface area contributed by atoms with Crippen molar-refractivity contribution >= 4 is 11.6 Å². The van der Waals surface area contributed by atoms with Gasteiger partial charge in [0.2, 0.25) is 5.60 Å². The van der Waals surface area contributed by atoms with Gasteiger partial charge in [0.25, 0.3) is 5.91 Å². The molecule has 1 aliphatic rings. The molecular formula is C14H15FN2O2. The number of amides is 1. The number of hydrogen-bond donors (Lipinski definition) is 1. The van der Waals surface area contributed by atoms with Crippen LogP contribution < -0.4 is 5.32 Å². The molecule has 0 radical (unpaired) electrons. The van der Waals surface area contributed by atoms with Gasteiger partial charge in [0.05, 0.1) is 5.71 Å². The summed E-state index contributed by atoms with van der Waals surface area (Å²) in [6.45, 7) is 5.55. The van der Waals surface area contributed by atoms with E-state index in [1.165, 1.54) is 12.1 Å². The number of nitrogens with one attached hydrogen (secondary N) is 1. The summed E-state index contributed by atoms with van der Waals surface area (Å²) < 4.78 is 13.2. The smallest absolute Gasteiger partial charge is 0.267 e. The predicted octanol–water partition coefficient (Wildman–Crippen LogP) is 2.01. The Morgan fingerprint density at radius 2 is 2.47 bits per heavy atom. The molecule has 0 spiro atoms. The van der Waals surface area contributed by atoms with E-state index in [1.807, 2.05) is 0 Å². The van der Waals surface area contributed by atoms with Crippen molar-refractivity contribution in [3.63, 3.8) is 0 Å². The SMILES string of the molecule is C=CCNC(=O)[C@]1(C)CC(c2cccc(F)c2)=NO1. The third-order valence-corrected chi connectivity index (χ3v) is 2.91. The molecule has 2 rings (SSSR count). The van der Waals surface area contributed by atoms with Crippen molar-refractivity contribution < 1.29 is 14.0 Å². The van der Waals surface area contributed by atoms with Crippen LogP contribution in [0.4, 0.5) is 4.39 Å². The van der Waals surface area contributed by atoms with Crippen molar-refractivity contribution in [2.45, 2.75) is 18.9 Å². The van der Waals surface area contributed by atoms with Crippen LogP contribution in [0.2, 0.25) is 0 Å². The van der Waals surface area contributed by atoms with E-state index in [2.05, 4.69) is 17.1 Å². The van der Waals surface area contributed by atoms with E-state index in [1.54, 1.807) is 25.1 Å². The number of rotatable bonds is 4. The molecule has 0 saturated heterocycles. The molecule has 0 fully saturated rings. The summed E-state index contributed by atoms with van der Waals surface area (Å²) in [4.78, 5) is 17.2. The maximum absolute atomic E-state index is 13.2. The molecule has 0 aliphatic carbocycles. The molecule has 1 N–H and O–H groups in total. The van der Waals surface area contributed by atoms with E-state index >= 15 is 0 Å². The quantitative estimate of drug-likeness (QED) is 0.844. The van der Waals surface area contributed by atoms with Crippen LogP contribution in [0, 0.1) is 5.82 Å². The number of halogens is 1. The van der Waals surface area contributed by atoms with Crippen molar-refractivity contribution in [2.24, 2.45) is 5.16 Å². The minimum absolute atomic E-state index is 0.262. The highest BCUT2D eigenvalue weighted by Gasteiger charge is 2.41. The molecule has 1 aliphatic heterocycles. The van der Waals surface area contributed by atoms with Gasteiger partial charge in [-0.2, -0.15) is 0 Å². The molecule has 100 valence electrons. The first-order chi connectivity index (χ1) is 9.05. The number of carbonyl (C=O) groups excluding carboxylic acids is 1. The maximum Gasteiger partial charge on any atom is 0.267 e. The van der Waals surface area contributed by atoms with Gasteiger partial charge in [-0.15, -0.1) is 6.58 Å². The Labute approximate surface area is 110 Å². The van der Waals surface area contributed by atoms with Gasteiger partial charge in [0.1, 0.15) is 5.82 Å². The zero-order chi connectivity index (χ0) is 13.9. The molecular weight excluding hydrogens is 247 g/mol. The minimum atomic E-state index is -1.05. The number of benzene rings is 1. The lowest BCUT2D eigenvalue weighted by Crippen LogP contribution is -2.44. The van der Waals surface area contributed by atoms with Crippen molar-refractivity contribution in [1.82, 2.24) is 5.32 Å². The van der Waals surface area contributed by atoms with Gasteiger partial charge in [0, 0.05) is 18.5 Å². The molecule has 1 heterocycles. The van der Waals surface area contributed by atoms with Gasteiger partial charge in [-0.25, -0.2) is 4.39 Å². The normalized spacial score (nSPS) is 21.5. The second kappa shape index (κ2) is 5.22. The highest BCUT2D eigenvalue weighted by molar-refractivity contribution is 6.05. The largest absolute Gasteiger partial charge is 0.379 e. The van der Waals surface area contributed by atoms with E-state index < -0.39 is 5.60 Å². The topological polar surface area (TPSA) is 50.7 Å². The second-order valence-corrected chi connectivity index (χ2v) is 4.55. The Bertz CT molecular complexity index is 542. The van der Waals surface area contributed by atoms with Crippen LogP contribution in [0.15, 0.2) is 42.1 Å². The van der Waals surface area contributed by atoms with Crippen LogP contribution >= 0.6 is 0 Å². The Kier molecular flexibility index (Phi) is 3.64. The molecule has 0 unspecified atom stereocenters. The van der Waals surface area contributed by atoms with Crippen molar-refractivity contribution in [2.75, 3.05) is 6.54 Å². The van der Waals surface area contributed by atoms with E-state index in [-0.39, 0.29) is 11.7 Å². The lowest BCUT2D eigenvalue weighted by Gasteiger charge is -2.19. The lowest BCUT2D eigenvalue weighted by molar-refractivity contribution is -0.141. The molecule has 19 heavy (non-hydrogen) atoms. The maximum atomic E-state index is 13.2. The molecule has 0 aromatic heterocycles. The van der Waals surface area contributed by atoms with Crippen LogP contribution in [0.25, 0.3) is 0 Å². The van der Waals surface area contributed by atoms with Crippen LogP contribution in [0.3, 0.4) is 0 Å². The molecule has 1 aromatic rings. The van der Waals surface area contributed by atoms with Gasteiger partial charge in [-0.3, -0.25) is 4.79 Å². The Morgan fingerprint density at radius 1 is 1.68 bits per heavy atom. The molecule has 1 amide bonds. The van der Waals surface area contributed by atoms with Crippen molar-refractivity contribution in [1.29, 1.82) is 0 Å². The van der Waals surface area contributed by atoms with Gasteiger partial charge >= 0.3 is 0 Å². The predicted molar refractivity (Wildman–Crippen MR) is 70.3 cm³/mol. The van der Waals surface area contributed by atoms with Crippen molar-refractivity contribution in [3.8, 4) is 0 Å². The van der Waals surface area contributed by atoms with Gasteiger partial charge in [0.15, 0.2) is 0 Å². The van der Waals surface area contributed by atoms with Crippen LogP contribution in [-0.2, 0) is 9.63 Å².